The molecule has 0 saturated heterocycles. The van der Waals surface area contributed by atoms with Gasteiger partial charge in [0.05, 0.1) is 6.10 Å². The Bertz CT molecular complexity index is 248. The molecule has 2 N–H and O–H groups in total. The van der Waals surface area contributed by atoms with Crippen LogP contribution >= 0.6 is 0 Å². The average molecular weight is 227 g/mol. The first kappa shape index (κ1) is 13.5. The van der Waals surface area contributed by atoms with Gasteiger partial charge in [-0.25, -0.2) is 0 Å². The van der Waals surface area contributed by atoms with Crippen molar-refractivity contribution in [2.24, 2.45) is 17.3 Å². The zero-order chi connectivity index (χ0) is 12.3. The van der Waals surface area contributed by atoms with Crippen LogP contribution in [0, 0.1) is 17.3 Å². The topological polar surface area (TPSA) is 49.3 Å². The van der Waals surface area contributed by atoms with Gasteiger partial charge in [0.25, 0.3) is 0 Å². The quantitative estimate of drug-likeness (QED) is 0.771. The van der Waals surface area contributed by atoms with E-state index in [0.717, 1.165) is 19.3 Å². The fraction of sp³-hybridized carbons (Fsp3) is 0.923. The number of hydrogen-bond donors (Lipinski definition) is 2. The molecule has 2 unspecified atom stereocenters. The van der Waals surface area contributed by atoms with Gasteiger partial charge in [0.15, 0.2) is 0 Å². The van der Waals surface area contributed by atoms with E-state index in [1.807, 2.05) is 13.8 Å². The van der Waals surface area contributed by atoms with Crippen molar-refractivity contribution in [1.29, 1.82) is 0 Å². The lowest BCUT2D eigenvalue weighted by atomic mass is 9.81. The Balaban J connectivity index is 2.41. The number of carbonyl (C=O) groups excluding carboxylic acids is 1. The zero-order valence-electron chi connectivity index (χ0n) is 10.9. The molecule has 0 aromatic heterocycles. The van der Waals surface area contributed by atoms with E-state index in [1.165, 1.54) is 0 Å². The molecule has 3 nitrogen and oxygen atoms in total. The van der Waals surface area contributed by atoms with Crippen LogP contribution in [-0.4, -0.2) is 23.7 Å². The molecule has 1 amide bonds. The van der Waals surface area contributed by atoms with E-state index in [4.69, 9.17) is 0 Å². The second-order valence-electron chi connectivity index (χ2n) is 5.99. The van der Waals surface area contributed by atoms with E-state index in [0.29, 0.717) is 6.54 Å². The Labute approximate surface area is 98.6 Å². The predicted octanol–water partition coefficient (Wildman–Crippen LogP) is 1.95. The van der Waals surface area contributed by atoms with Crippen molar-refractivity contribution in [3.63, 3.8) is 0 Å². The van der Waals surface area contributed by atoms with E-state index in [9.17, 15) is 9.90 Å². The lowest BCUT2D eigenvalue weighted by Crippen LogP contribution is -2.41. The maximum absolute atomic E-state index is 12.0. The summed E-state index contributed by atoms with van der Waals surface area (Å²) < 4.78 is 0. The molecule has 0 bridgehead atoms. The van der Waals surface area contributed by atoms with Crippen LogP contribution in [0.4, 0.5) is 0 Å². The van der Waals surface area contributed by atoms with Crippen LogP contribution in [0.1, 0.15) is 47.0 Å². The van der Waals surface area contributed by atoms with Gasteiger partial charge in [0.2, 0.25) is 5.91 Å². The molecule has 1 aliphatic carbocycles. The number of rotatable bonds is 4. The molecule has 1 rings (SSSR count). The molecule has 0 spiro atoms. The summed E-state index contributed by atoms with van der Waals surface area (Å²) in [4.78, 5) is 12.0. The third kappa shape index (κ3) is 3.21. The third-order valence-electron chi connectivity index (χ3n) is 3.83. The van der Waals surface area contributed by atoms with Crippen molar-refractivity contribution >= 4 is 5.91 Å². The summed E-state index contributed by atoms with van der Waals surface area (Å²) in [6.07, 6.45) is 2.81. The molecule has 1 fully saturated rings. The SMILES string of the molecule is CC(C)C(O)CNC(=O)C1CCCC1(C)C. The van der Waals surface area contributed by atoms with Gasteiger partial charge in [0, 0.05) is 12.5 Å². The van der Waals surface area contributed by atoms with Gasteiger partial charge in [-0.1, -0.05) is 34.1 Å². The van der Waals surface area contributed by atoms with Crippen molar-refractivity contribution in [3.05, 3.63) is 0 Å². The van der Waals surface area contributed by atoms with E-state index >= 15 is 0 Å². The molecule has 16 heavy (non-hydrogen) atoms. The van der Waals surface area contributed by atoms with Crippen molar-refractivity contribution in [3.8, 4) is 0 Å². The molecule has 1 aliphatic rings. The average Bonchev–Trinajstić information content (AvgIpc) is 2.53. The van der Waals surface area contributed by atoms with Gasteiger partial charge in [-0.3, -0.25) is 4.79 Å². The zero-order valence-corrected chi connectivity index (χ0v) is 10.9. The second-order valence-corrected chi connectivity index (χ2v) is 5.99. The van der Waals surface area contributed by atoms with Gasteiger partial charge in [0.1, 0.15) is 0 Å². The van der Waals surface area contributed by atoms with Crippen LogP contribution in [0.25, 0.3) is 0 Å². The van der Waals surface area contributed by atoms with E-state index < -0.39 is 6.10 Å². The number of aliphatic hydroxyl groups is 1. The normalized spacial score (nSPS) is 25.8. The molecular weight excluding hydrogens is 202 g/mol. The molecule has 0 aromatic carbocycles. The Morgan fingerprint density at radius 1 is 1.50 bits per heavy atom. The molecule has 94 valence electrons. The van der Waals surface area contributed by atoms with E-state index in [1.54, 1.807) is 0 Å². The summed E-state index contributed by atoms with van der Waals surface area (Å²) in [5.74, 6) is 0.422. The van der Waals surface area contributed by atoms with Crippen LogP contribution in [0.5, 0.6) is 0 Å². The number of amides is 1. The summed E-state index contributed by atoms with van der Waals surface area (Å²) in [5.41, 5.74) is 0.118. The second kappa shape index (κ2) is 5.17. The summed E-state index contributed by atoms with van der Waals surface area (Å²) >= 11 is 0. The first-order valence-electron chi connectivity index (χ1n) is 6.30. The largest absolute Gasteiger partial charge is 0.391 e. The minimum Gasteiger partial charge on any atom is -0.391 e. The highest BCUT2D eigenvalue weighted by Crippen LogP contribution is 2.42. The molecule has 3 heteroatoms. The maximum Gasteiger partial charge on any atom is 0.223 e. The minimum absolute atomic E-state index is 0.113. The smallest absolute Gasteiger partial charge is 0.223 e. The number of carbonyl (C=O) groups is 1. The van der Waals surface area contributed by atoms with Gasteiger partial charge in [-0.2, -0.15) is 0 Å². The van der Waals surface area contributed by atoms with Crippen molar-refractivity contribution in [2.45, 2.75) is 53.1 Å². The standard InChI is InChI=1S/C13H25NO2/c1-9(2)11(15)8-14-12(16)10-6-5-7-13(10,3)4/h9-11,15H,5-8H2,1-4H3,(H,14,16). The monoisotopic (exact) mass is 227 g/mol. The molecule has 2 atom stereocenters. The maximum atomic E-state index is 12.0. The van der Waals surface area contributed by atoms with Crippen molar-refractivity contribution in [1.82, 2.24) is 5.32 Å². The number of aliphatic hydroxyl groups excluding tert-OH is 1. The predicted molar refractivity (Wildman–Crippen MR) is 65.0 cm³/mol. The molecular formula is C13H25NO2. The Kier molecular flexibility index (Phi) is 4.36. The number of hydrogen-bond acceptors (Lipinski definition) is 2. The first-order valence-corrected chi connectivity index (χ1v) is 6.30. The first-order chi connectivity index (χ1) is 7.34. The lowest BCUT2D eigenvalue weighted by Gasteiger charge is -2.26. The summed E-state index contributed by atoms with van der Waals surface area (Å²) in [5, 5.41) is 12.5. The molecule has 0 radical (unpaired) electrons. The molecule has 0 aromatic rings. The fourth-order valence-corrected chi connectivity index (χ4v) is 2.38. The van der Waals surface area contributed by atoms with Crippen LogP contribution in [-0.2, 0) is 4.79 Å². The van der Waals surface area contributed by atoms with Crippen LogP contribution < -0.4 is 5.32 Å². The lowest BCUT2D eigenvalue weighted by molar-refractivity contribution is -0.128. The van der Waals surface area contributed by atoms with E-state index in [2.05, 4.69) is 19.2 Å². The molecule has 1 saturated carbocycles. The van der Waals surface area contributed by atoms with E-state index in [-0.39, 0.29) is 23.2 Å². The minimum atomic E-state index is -0.437. The van der Waals surface area contributed by atoms with Gasteiger partial charge in [-0.15, -0.1) is 0 Å². The van der Waals surface area contributed by atoms with Gasteiger partial charge < -0.3 is 10.4 Å². The summed E-state index contributed by atoms with van der Waals surface area (Å²) in [6.45, 7) is 8.60. The summed E-state index contributed by atoms with van der Waals surface area (Å²) in [7, 11) is 0. The number of nitrogens with one attached hydrogen (secondary N) is 1. The van der Waals surface area contributed by atoms with Crippen molar-refractivity contribution < 1.29 is 9.90 Å². The van der Waals surface area contributed by atoms with Crippen LogP contribution in [0.3, 0.4) is 0 Å². The summed E-state index contributed by atoms with van der Waals surface area (Å²) in [6, 6.07) is 0. The van der Waals surface area contributed by atoms with Gasteiger partial charge >= 0.3 is 0 Å². The Morgan fingerprint density at radius 2 is 2.12 bits per heavy atom. The third-order valence-corrected chi connectivity index (χ3v) is 3.83. The highest BCUT2D eigenvalue weighted by molar-refractivity contribution is 5.79. The highest BCUT2D eigenvalue weighted by atomic mass is 16.3. The molecule has 0 aliphatic heterocycles. The fourth-order valence-electron chi connectivity index (χ4n) is 2.38. The highest BCUT2D eigenvalue weighted by Gasteiger charge is 2.39. The Morgan fingerprint density at radius 3 is 2.56 bits per heavy atom. The van der Waals surface area contributed by atoms with Crippen LogP contribution in [0.15, 0.2) is 0 Å². The van der Waals surface area contributed by atoms with Gasteiger partial charge in [-0.05, 0) is 24.2 Å². The molecule has 0 heterocycles. The Hall–Kier alpha value is -0.570. The van der Waals surface area contributed by atoms with Crippen molar-refractivity contribution in [2.75, 3.05) is 6.54 Å². The van der Waals surface area contributed by atoms with Crippen LogP contribution in [0.2, 0.25) is 0 Å².